The van der Waals surface area contributed by atoms with Crippen LogP contribution in [0.3, 0.4) is 0 Å². The number of amides is 1. The second-order valence-corrected chi connectivity index (χ2v) is 6.93. The third-order valence-electron chi connectivity index (χ3n) is 4.04. The third kappa shape index (κ3) is 3.88. The summed E-state index contributed by atoms with van der Waals surface area (Å²) < 4.78 is 10.7. The van der Waals surface area contributed by atoms with E-state index >= 15 is 0 Å². The number of hydrogen-bond donors (Lipinski definition) is 0. The second-order valence-electron chi connectivity index (χ2n) is 5.96. The first-order valence-electron chi connectivity index (χ1n) is 8.40. The summed E-state index contributed by atoms with van der Waals surface area (Å²) in [5.41, 5.74) is 0.817. The van der Waals surface area contributed by atoms with Crippen molar-refractivity contribution in [3.8, 4) is 11.6 Å². The number of benzene rings is 1. The SMILES string of the molecule is CN(Cc1ccco1)C(=O)CSc1nc(-c2ccco2)nc2ccccc12. The van der Waals surface area contributed by atoms with E-state index in [2.05, 4.69) is 9.97 Å². The standard InChI is InChI=1S/C20H17N3O3S/c1-23(12-14-6-4-10-25-14)18(24)13-27-20-15-7-2-3-8-16(15)21-19(22-20)17-9-5-11-26-17/h2-11H,12-13H2,1H3. The first-order valence-corrected chi connectivity index (χ1v) is 9.39. The monoisotopic (exact) mass is 379 g/mol. The van der Waals surface area contributed by atoms with Crippen molar-refractivity contribution < 1.29 is 13.6 Å². The Morgan fingerprint density at radius 3 is 2.63 bits per heavy atom. The lowest BCUT2D eigenvalue weighted by atomic mass is 10.2. The normalized spacial score (nSPS) is 11.0. The molecule has 4 aromatic rings. The Morgan fingerprint density at radius 1 is 1.04 bits per heavy atom. The van der Waals surface area contributed by atoms with Gasteiger partial charge in [0.25, 0.3) is 0 Å². The Morgan fingerprint density at radius 2 is 1.85 bits per heavy atom. The molecule has 3 heterocycles. The number of thioether (sulfide) groups is 1. The van der Waals surface area contributed by atoms with Crippen LogP contribution in [0.15, 0.2) is 74.9 Å². The molecule has 1 aromatic carbocycles. The number of para-hydroxylation sites is 1. The van der Waals surface area contributed by atoms with Crippen molar-refractivity contribution in [2.75, 3.05) is 12.8 Å². The molecular weight excluding hydrogens is 362 g/mol. The van der Waals surface area contributed by atoms with Crippen molar-refractivity contribution in [1.82, 2.24) is 14.9 Å². The maximum atomic E-state index is 12.5. The number of nitrogens with zero attached hydrogens (tertiary/aromatic N) is 3. The molecule has 0 aliphatic rings. The summed E-state index contributed by atoms with van der Waals surface area (Å²) in [4.78, 5) is 23.3. The smallest absolute Gasteiger partial charge is 0.233 e. The van der Waals surface area contributed by atoms with Gasteiger partial charge in [0, 0.05) is 12.4 Å². The Kier molecular flexibility index (Phi) is 4.93. The fourth-order valence-corrected chi connectivity index (χ4v) is 3.60. The van der Waals surface area contributed by atoms with Gasteiger partial charge in [0.1, 0.15) is 10.8 Å². The van der Waals surface area contributed by atoms with Crippen LogP contribution in [0, 0.1) is 0 Å². The highest BCUT2D eigenvalue weighted by Crippen LogP contribution is 2.28. The van der Waals surface area contributed by atoms with Crippen LogP contribution in [-0.2, 0) is 11.3 Å². The minimum Gasteiger partial charge on any atom is -0.467 e. The summed E-state index contributed by atoms with van der Waals surface area (Å²) in [7, 11) is 1.76. The zero-order valence-electron chi connectivity index (χ0n) is 14.7. The van der Waals surface area contributed by atoms with Gasteiger partial charge in [-0.1, -0.05) is 30.0 Å². The van der Waals surface area contributed by atoms with Crippen molar-refractivity contribution in [2.24, 2.45) is 0 Å². The zero-order valence-corrected chi connectivity index (χ0v) is 15.5. The summed E-state index contributed by atoms with van der Waals surface area (Å²) in [6.45, 7) is 0.439. The molecule has 0 saturated carbocycles. The molecule has 0 fully saturated rings. The molecule has 0 radical (unpaired) electrons. The van der Waals surface area contributed by atoms with E-state index in [1.165, 1.54) is 11.8 Å². The molecule has 1 amide bonds. The third-order valence-corrected chi connectivity index (χ3v) is 5.02. The molecule has 27 heavy (non-hydrogen) atoms. The molecule has 0 spiro atoms. The van der Waals surface area contributed by atoms with E-state index in [1.807, 2.05) is 42.5 Å². The fraction of sp³-hybridized carbons (Fsp3) is 0.150. The fourth-order valence-electron chi connectivity index (χ4n) is 2.64. The maximum Gasteiger partial charge on any atom is 0.233 e. The first kappa shape index (κ1) is 17.4. The van der Waals surface area contributed by atoms with Gasteiger partial charge in [-0.05, 0) is 30.3 Å². The van der Waals surface area contributed by atoms with Crippen LogP contribution in [0.1, 0.15) is 5.76 Å². The molecule has 0 aliphatic carbocycles. The Bertz CT molecular complexity index is 1050. The Labute approximate surface area is 160 Å². The number of aromatic nitrogens is 2. The van der Waals surface area contributed by atoms with E-state index in [0.717, 1.165) is 21.7 Å². The molecule has 0 atom stereocenters. The largest absolute Gasteiger partial charge is 0.467 e. The molecule has 0 N–H and O–H groups in total. The molecule has 0 saturated heterocycles. The number of carbonyl (C=O) groups excluding carboxylic acids is 1. The molecule has 3 aromatic heterocycles. The molecule has 136 valence electrons. The lowest BCUT2D eigenvalue weighted by Crippen LogP contribution is -2.27. The van der Waals surface area contributed by atoms with Gasteiger partial charge in [-0.3, -0.25) is 4.79 Å². The zero-order chi connectivity index (χ0) is 18.6. The summed E-state index contributed by atoms with van der Waals surface area (Å²) in [6.07, 6.45) is 3.19. The van der Waals surface area contributed by atoms with Gasteiger partial charge in [0.2, 0.25) is 5.91 Å². The second kappa shape index (κ2) is 7.67. The van der Waals surface area contributed by atoms with Crippen LogP contribution in [0.5, 0.6) is 0 Å². The van der Waals surface area contributed by atoms with E-state index in [0.29, 0.717) is 18.1 Å². The molecule has 4 rings (SSSR count). The average Bonchev–Trinajstić information content (AvgIpc) is 3.39. The van der Waals surface area contributed by atoms with Crippen LogP contribution >= 0.6 is 11.8 Å². The maximum absolute atomic E-state index is 12.5. The predicted molar refractivity (Wildman–Crippen MR) is 103 cm³/mol. The van der Waals surface area contributed by atoms with E-state index in [9.17, 15) is 4.79 Å². The number of carbonyl (C=O) groups is 1. The summed E-state index contributed by atoms with van der Waals surface area (Å²) in [5.74, 6) is 2.14. The Balaban J connectivity index is 1.55. The number of fused-ring (bicyclic) bond motifs is 1. The van der Waals surface area contributed by atoms with E-state index < -0.39 is 0 Å². The van der Waals surface area contributed by atoms with Crippen molar-refractivity contribution in [2.45, 2.75) is 11.6 Å². The van der Waals surface area contributed by atoms with Crippen LogP contribution in [-0.4, -0.2) is 33.6 Å². The van der Waals surface area contributed by atoms with Crippen molar-refractivity contribution >= 4 is 28.6 Å². The Hall–Kier alpha value is -3.06. The van der Waals surface area contributed by atoms with Crippen molar-refractivity contribution in [3.05, 3.63) is 66.8 Å². The van der Waals surface area contributed by atoms with Gasteiger partial charge in [0.15, 0.2) is 11.6 Å². The van der Waals surface area contributed by atoms with Gasteiger partial charge >= 0.3 is 0 Å². The summed E-state index contributed by atoms with van der Waals surface area (Å²) in [5, 5.41) is 1.67. The minimum absolute atomic E-state index is 0.00126. The van der Waals surface area contributed by atoms with Crippen LogP contribution in [0.2, 0.25) is 0 Å². The lowest BCUT2D eigenvalue weighted by molar-refractivity contribution is -0.127. The van der Waals surface area contributed by atoms with E-state index in [4.69, 9.17) is 8.83 Å². The van der Waals surface area contributed by atoms with Crippen LogP contribution < -0.4 is 0 Å². The highest BCUT2D eigenvalue weighted by Gasteiger charge is 2.15. The van der Waals surface area contributed by atoms with Crippen LogP contribution in [0.25, 0.3) is 22.5 Å². The molecular formula is C20H17N3O3S. The average molecular weight is 379 g/mol. The number of rotatable bonds is 6. The van der Waals surface area contributed by atoms with Gasteiger partial charge in [0.05, 0.1) is 30.3 Å². The highest BCUT2D eigenvalue weighted by atomic mass is 32.2. The van der Waals surface area contributed by atoms with Crippen molar-refractivity contribution in [1.29, 1.82) is 0 Å². The number of furan rings is 2. The first-order chi connectivity index (χ1) is 13.2. The molecule has 6 nitrogen and oxygen atoms in total. The minimum atomic E-state index is -0.00126. The summed E-state index contributed by atoms with van der Waals surface area (Å²) in [6, 6.07) is 15.0. The van der Waals surface area contributed by atoms with Gasteiger partial charge in [-0.25, -0.2) is 9.97 Å². The van der Waals surface area contributed by atoms with Crippen LogP contribution in [0.4, 0.5) is 0 Å². The quantitative estimate of drug-likeness (QED) is 0.369. The van der Waals surface area contributed by atoms with Crippen molar-refractivity contribution in [3.63, 3.8) is 0 Å². The van der Waals surface area contributed by atoms with Gasteiger partial charge in [-0.2, -0.15) is 0 Å². The highest BCUT2D eigenvalue weighted by molar-refractivity contribution is 8.00. The summed E-state index contributed by atoms with van der Waals surface area (Å²) >= 11 is 1.40. The predicted octanol–water partition coefficient (Wildman–Crippen LogP) is 4.23. The van der Waals surface area contributed by atoms with Gasteiger partial charge < -0.3 is 13.7 Å². The molecule has 7 heteroatoms. The van der Waals surface area contributed by atoms with Gasteiger partial charge in [-0.15, -0.1) is 0 Å². The van der Waals surface area contributed by atoms with E-state index in [1.54, 1.807) is 30.5 Å². The molecule has 0 bridgehead atoms. The molecule has 0 unspecified atom stereocenters. The number of hydrogen-bond acceptors (Lipinski definition) is 6. The van der Waals surface area contributed by atoms with E-state index in [-0.39, 0.29) is 11.7 Å². The lowest BCUT2D eigenvalue weighted by Gasteiger charge is -2.15. The topological polar surface area (TPSA) is 72.4 Å². The molecule has 0 aliphatic heterocycles.